The molecular weight excluding hydrogens is 387 g/mol. The Hall–Kier alpha value is -2.52. The van der Waals surface area contributed by atoms with Gasteiger partial charge < -0.3 is 10.0 Å². The third kappa shape index (κ3) is 4.15. The number of rotatable bonds is 5. The third-order valence-corrected chi connectivity index (χ3v) is 6.73. The number of benzene rings is 2. The molecule has 3 rings (SSSR count). The molecule has 0 bridgehead atoms. The summed E-state index contributed by atoms with van der Waals surface area (Å²) in [4.78, 5) is 25.7. The van der Waals surface area contributed by atoms with Crippen LogP contribution in [0, 0.1) is 5.82 Å². The van der Waals surface area contributed by atoms with Gasteiger partial charge in [-0.05, 0) is 41.5 Å². The zero-order chi connectivity index (χ0) is 20.5. The monoisotopic (exact) mass is 408 g/mol. The van der Waals surface area contributed by atoms with Crippen LogP contribution in [0.1, 0.15) is 22.8 Å². The predicted octanol–water partition coefficient (Wildman–Crippen LogP) is 1.71. The molecular formula is C19H21FN2O5S. The van der Waals surface area contributed by atoms with Gasteiger partial charge in [0.25, 0.3) is 5.91 Å². The van der Waals surface area contributed by atoms with Crippen LogP contribution in [-0.2, 0) is 21.2 Å². The zero-order valence-electron chi connectivity index (χ0n) is 15.4. The van der Waals surface area contributed by atoms with Crippen LogP contribution >= 0.6 is 0 Å². The van der Waals surface area contributed by atoms with Gasteiger partial charge in [0.2, 0.25) is 10.0 Å². The first-order valence-electron chi connectivity index (χ1n) is 8.92. The van der Waals surface area contributed by atoms with Gasteiger partial charge in [0.1, 0.15) is 5.82 Å². The van der Waals surface area contributed by atoms with Crippen molar-refractivity contribution in [2.24, 2.45) is 0 Å². The van der Waals surface area contributed by atoms with Gasteiger partial charge in [-0.3, -0.25) is 9.59 Å². The van der Waals surface area contributed by atoms with Crippen molar-refractivity contribution in [3.8, 4) is 0 Å². The van der Waals surface area contributed by atoms with Gasteiger partial charge >= 0.3 is 5.97 Å². The predicted molar refractivity (Wildman–Crippen MR) is 102 cm³/mol. The highest BCUT2D eigenvalue weighted by atomic mass is 32.2. The Morgan fingerprint density at radius 1 is 1.11 bits per heavy atom. The molecule has 1 aliphatic rings. The number of aliphatic carboxylic acids is 1. The van der Waals surface area contributed by atoms with E-state index in [4.69, 9.17) is 5.11 Å². The first-order chi connectivity index (χ1) is 13.2. The molecule has 9 heteroatoms. The van der Waals surface area contributed by atoms with Gasteiger partial charge in [-0.2, -0.15) is 4.31 Å². The number of amides is 1. The molecule has 150 valence electrons. The van der Waals surface area contributed by atoms with Gasteiger partial charge in [-0.1, -0.05) is 12.1 Å². The smallest absolute Gasteiger partial charge is 0.307 e. The van der Waals surface area contributed by atoms with Gasteiger partial charge in [0, 0.05) is 31.7 Å². The number of hydrogen-bond donors (Lipinski definition) is 1. The highest BCUT2D eigenvalue weighted by molar-refractivity contribution is 7.89. The molecule has 0 aromatic heterocycles. The quantitative estimate of drug-likeness (QED) is 0.813. The molecule has 1 saturated heterocycles. The molecule has 1 fully saturated rings. The van der Waals surface area contributed by atoms with Crippen molar-refractivity contribution in [3.05, 3.63) is 47.3 Å². The van der Waals surface area contributed by atoms with Crippen LogP contribution in [0.2, 0.25) is 0 Å². The van der Waals surface area contributed by atoms with Crippen molar-refractivity contribution < 1.29 is 27.5 Å². The Labute approximate surface area is 162 Å². The lowest BCUT2D eigenvalue weighted by Crippen LogP contribution is -2.50. The van der Waals surface area contributed by atoms with Crippen molar-refractivity contribution in [1.29, 1.82) is 0 Å². The van der Waals surface area contributed by atoms with E-state index in [-0.39, 0.29) is 49.8 Å². The normalized spacial score (nSPS) is 15.7. The zero-order valence-corrected chi connectivity index (χ0v) is 16.2. The number of carboxylic acids is 1. The minimum Gasteiger partial charge on any atom is -0.481 e. The van der Waals surface area contributed by atoms with E-state index in [1.807, 2.05) is 0 Å². The molecule has 1 heterocycles. The molecule has 0 aliphatic carbocycles. The van der Waals surface area contributed by atoms with E-state index in [1.54, 1.807) is 13.0 Å². The van der Waals surface area contributed by atoms with Crippen LogP contribution in [0.15, 0.2) is 30.3 Å². The lowest BCUT2D eigenvalue weighted by molar-refractivity contribution is -0.136. The summed E-state index contributed by atoms with van der Waals surface area (Å²) in [6.07, 6.45) is -0.254. The molecule has 0 saturated carbocycles. The first-order valence-corrected chi connectivity index (χ1v) is 10.5. The fourth-order valence-corrected chi connectivity index (χ4v) is 4.45. The molecule has 7 nitrogen and oxygen atoms in total. The highest BCUT2D eigenvalue weighted by Gasteiger charge is 2.29. The summed E-state index contributed by atoms with van der Waals surface area (Å²) in [5, 5.41) is 10.1. The lowest BCUT2D eigenvalue weighted by Gasteiger charge is -2.34. The van der Waals surface area contributed by atoms with Crippen molar-refractivity contribution in [3.63, 3.8) is 0 Å². The molecule has 1 aliphatic heterocycles. The van der Waals surface area contributed by atoms with Crippen LogP contribution < -0.4 is 0 Å². The number of carbonyl (C=O) groups excluding carboxylic acids is 1. The second kappa shape index (κ2) is 7.84. The van der Waals surface area contributed by atoms with Crippen LogP contribution in [0.5, 0.6) is 0 Å². The Kier molecular flexibility index (Phi) is 5.66. The lowest BCUT2D eigenvalue weighted by atomic mass is 9.98. The number of nitrogens with zero attached hydrogens (tertiary/aromatic N) is 2. The summed E-state index contributed by atoms with van der Waals surface area (Å²) in [6, 6.07) is 7.14. The number of halogens is 1. The number of piperazine rings is 1. The average Bonchev–Trinajstić information content (AvgIpc) is 2.66. The molecule has 28 heavy (non-hydrogen) atoms. The molecule has 1 N–H and O–H groups in total. The molecule has 2 aromatic carbocycles. The van der Waals surface area contributed by atoms with Gasteiger partial charge in [-0.25, -0.2) is 12.8 Å². The van der Waals surface area contributed by atoms with Gasteiger partial charge in [-0.15, -0.1) is 0 Å². The number of carbonyl (C=O) groups is 2. The number of hydrogen-bond acceptors (Lipinski definition) is 4. The SMILES string of the molecule is CCS(=O)(=O)N1CCN(C(=O)c2cc(CC(=O)O)cc3ccc(F)cc23)CC1. The first kappa shape index (κ1) is 20.2. The van der Waals surface area contributed by atoms with Crippen molar-refractivity contribution in [2.75, 3.05) is 31.9 Å². The molecule has 0 spiro atoms. The summed E-state index contributed by atoms with van der Waals surface area (Å²) >= 11 is 0. The summed E-state index contributed by atoms with van der Waals surface area (Å²) in [5.74, 6) is -1.89. The Morgan fingerprint density at radius 3 is 2.39 bits per heavy atom. The van der Waals surface area contributed by atoms with Gasteiger partial charge in [0.15, 0.2) is 0 Å². The molecule has 0 radical (unpaired) electrons. The third-order valence-electron chi connectivity index (χ3n) is 4.85. The number of carboxylic acid groups (broad SMARTS) is 1. The van der Waals surface area contributed by atoms with Crippen molar-refractivity contribution in [1.82, 2.24) is 9.21 Å². The van der Waals surface area contributed by atoms with Crippen LogP contribution in [0.3, 0.4) is 0 Å². The second-order valence-corrected chi connectivity index (χ2v) is 8.93. The van der Waals surface area contributed by atoms with Crippen LogP contribution in [0.4, 0.5) is 4.39 Å². The maximum atomic E-state index is 13.8. The van der Waals surface area contributed by atoms with E-state index in [0.717, 1.165) is 0 Å². The van der Waals surface area contributed by atoms with Gasteiger partial charge in [0.05, 0.1) is 12.2 Å². The Bertz CT molecular complexity index is 1030. The maximum Gasteiger partial charge on any atom is 0.307 e. The minimum absolute atomic E-state index is 0.00208. The fraction of sp³-hybridized carbons (Fsp3) is 0.368. The van der Waals surface area contributed by atoms with Crippen LogP contribution in [0.25, 0.3) is 10.8 Å². The topological polar surface area (TPSA) is 95.0 Å². The fourth-order valence-electron chi connectivity index (χ4n) is 3.37. The van der Waals surface area contributed by atoms with Crippen molar-refractivity contribution >= 4 is 32.7 Å². The maximum absolute atomic E-state index is 13.8. The van der Waals surface area contributed by atoms with E-state index in [0.29, 0.717) is 16.3 Å². The molecule has 0 atom stereocenters. The summed E-state index contributed by atoms with van der Waals surface area (Å²) in [5.41, 5.74) is 0.669. The standard InChI is InChI=1S/C19H21FN2O5S/c1-2-28(26,27)22-7-5-21(6-8-22)19(25)17-10-13(11-18(23)24)9-14-3-4-15(20)12-16(14)17/h3-4,9-10,12H,2,5-8,11H2,1H3,(H,23,24). The summed E-state index contributed by atoms with van der Waals surface area (Å²) < 4.78 is 39.1. The number of fused-ring (bicyclic) bond motifs is 1. The Morgan fingerprint density at radius 2 is 1.79 bits per heavy atom. The molecule has 1 amide bonds. The largest absolute Gasteiger partial charge is 0.481 e. The summed E-state index contributed by atoms with van der Waals surface area (Å²) in [6.45, 7) is 2.41. The number of sulfonamides is 1. The van der Waals surface area contributed by atoms with E-state index >= 15 is 0 Å². The van der Waals surface area contributed by atoms with E-state index in [9.17, 15) is 22.4 Å². The highest BCUT2D eigenvalue weighted by Crippen LogP contribution is 2.25. The molecule has 0 unspecified atom stereocenters. The van der Waals surface area contributed by atoms with Crippen LogP contribution in [-0.4, -0.2) is 66.5 Å². The average molecular weight is 408 g/mol. The van der Waals surface area contributed by atoms with E-state index in [1.165, 1.54) is 33.5 Å². The van der Waals surface area contributed by atoms with E-state index in [2.05, 4.69) is 0 Å². The Balaban J connectivity index is 1.92. The van der Waals surface area contributed by atoms with E-state index < -0.39 is 21.8 Å². The molecule has 2 aromatic rings. The van der Waals surface area contributed by atoms with Crippen molar-refractivity contribution in [2.45, 2.75) is 13.3 Å². The summed E-state index contributed by atoms with van der Waals surface area (Å²) in [7, 11) is -3.31. The minimum atomic E-state index is -3.31. The second-order valence-electron chi connectivity index (χ2n) is 6.67.